The number of hydrogen-bond acceptors (Lipinski definition) is 4. The van der Waals surface area contributed by atoms with Crippen molar-refractivity contribution in [3.63, 3.8) is 0 Å². The number of unbranched alkanes of at least 4 members (excludes halogenated alkanes) is 8. The molecule has 1 amide bonds. The highest BCUT2D eigenvalue weighted by Gasteiger charge is 2.19. The van der Waals surface area contributed by atoms with Crippen molar-refractivity contribution in [3.8, 4) is 0 Å². The molecule has 0 aliphatic rings. The molecule has 0 radical (unpaired) electrons. The molecule has 0 aliphatic heterocycles. The number of ketones is 1. The van der Waals surface area contributed by atoms with Crippen LogP contribution in [0.25, 0.3) is 0 Å². The maximum atomic E-state index is 12.3. The zero-order valence-corrected chi connectivity index (χ0v) is 17.4. The van der Waals surface area contributed by atoms with E-state index in [1.807, 2.05) is 0 Å². The molecule has 0 bridgehead atoms. The van der Waals surface area contributed by atoms with Gasteiger partial charge in [-0.05, 0) is 12.8 Å². The summed E-state index contributed by atoms with van der Waals surface area (Å²) < 4.78 is 30.9. The molecule has 0 aromatic heterocycles. The van der Waals surface area contributed by atoms with E-state index in [2.05, 4.69) is 13.8 Å². The van der Waals surface area contributed by atoms with E-state index in [-0.39, 0.29) is 24.8 Å². The van der Waals surface area contributed by atoms with Crippen LogP contribution in [0.15, 0.2) is 0 Å². The molecule has 154 valence electrons. The summed E-state index contributed by atoms with van der Waals surface area (Å²) in [6.45, 7) is 4.06. The minimum absolute atomic E-state index is 0.0452. The van der Waals surface area contributed by atoms with Crippen LogP contribution in [0.1, 0.15) is 90.9 Å². The summed E-state index contributed by atoms with van der Waals surface area (Å²) >= 11 is 0. The zero-order valence-electron chi connectivity index (χ0n) is 16.5. The van der Waals surface area contributed by atoms with Crippen LogP contribution in [0.3, 0.4) is 0 Å². The van der Waals surface area contributed by atoms with E-state index in [4.69, 9.17) is 4.55 Å². The first-order valence-electron chi connectivity index (χ1n) is 10.0. The molecular weight excluding hydrogens is 354 g/mol. The highest BCUT2D eigenvalue weighted by Crippen LogP contribution is 2.09. The van der Waals surface area contributed by atoms with Crippen molar-refractivity contribution in [2.75, 3.05) is 18.8 Å². The van der Waals surface area contributed by atoms with Crippen molar-refractivity contribution in [3.05, 3.63) is 0 Å². The smallest absolute Gasteiger partial charge is 0.266 e. The summed E-state index contributed by atoms with van der Waals surface area (Å²) in [7, 11) is -4.15. The van der Waals surface area contributed by atoms with E-state index in [0.29, 0.717) is 12.8 Å². The first-order chi connectivity index (χ1) is 12.3. The van der Waals surface area contributed by atoms with Crippen LogP contribution in [0.4, 0.5) is 0 Å². The molecule has 0 aromatic rings. The second kappa shape index (κ2) is 15.1. The molecule has 0 heterocycles. The van der Waals surface area contributed by atoms with Crippen LogP contribution >= 0.6 is 0 Å². The fourth-order valence-corrected chi connectivity index (χ4v) is 3.22. The van der Waals surface area contributed by atoms with Crippen LogP contribution in [-0.4, -0.2) is 48.4 Å². The minimum Gasteiger partial charge on any atom is -0.334 e. The van der Waals surface area contributed by atoms with Crippen molar-refractivity contribution >= 4 is 21.8 Å². The summed E-state index contributed by atoms with van der Waals surface area (Å²) in [6.07, 6.45) is 11.0. The number of carbonyl (C=O) groups excluding carboxylic acids is 2. The average molecular weight is 392 g/mol. The van der Waals surface area contributed by atoms with Crippen LogP contribution in [-0.2, 0) is 19.7 Å². The Morgan fingerprint density at radius 2 is 1.31 bits per heavy atom. The molecule has 0 rings (SSSR count). The van der Waals surface area contributed by atoms with E-state index in [1.165, 1.54) is 4.90 Å². The van der Waals surface area contributed by atoms with Crippen LogP contribution < -0.4 is 0 Å². The zero-order chi connectivity index (χ0) is 19.8. The topological polar surface area (TPSA) is 91.8 Å². The Kier molecular flexibility index (Phi) is 14.6. The lowest BCUT2D eigenvalue weighted by Crippen LogP contribution is -2.38. The van der Waals surface area contributed by atoms with Gasteiger partial charge >= 0.3 is 0 Å². The summed E-state index contributed by atoms with van der Waals surface area (Å²) in [5.74, 6) is -0.779. The van der Waals surface area contributed by atoms with Crippen LogP contribution in [0.2, 0.25) is 0 Å². The van der Waals surface area contributed by atoms with Crippen molar-refractivity contribution in [2.45, 2.75) is 90.9 Å². The van der Waals surface area contributed by atoms with Crippen molar-refractivity contribution in [2.24, 2.45) is 0 Å². The molecule has 26 heavy (non-hydrogen) atoms. The quantitative estimate of drug-likeness (QED) is 0.299. The van der Waals surface area contributed by atoms with Crippen LogP contribution in [0, 0.1) is 0 Å². The SMILES string of the molecule is CCCCCCCC(=O)CN(CCS(=O)(=O)O)C(=O)CCCCCCC. The highest BCUT2D eigenvalue weighted by molar-refractivity contribution is 7.85. The molecule has 0 fully saturated rings. The number of Topliss-reactive ketones (excluding diaryl/α,β-unsaturated/α-hetero) is 1. The Labute approximate surface area is 159 Å². The third-order valence-corrected chi connectivity index (χ3v) is 5.09. The molecule has 0 spiro atoms. The van der Waals surface area contributed by atoms with Crippen molar-refractivity contribution in [1.29, 1.82) is 0 Å². The number of amides is 1. The number of rotatable bonds is 17. The van der Waals surface area contributed by atoms with Gasteiger partial charge < -0.3 is 4.90 Å². The third kappa shape index (κ3) is 15.3. The molecule has 1 N–H and O–H groups in total. The molecule has 0 saturated heterocycles. The Hall–Kier alpha value is -0.950. The monoisotopic (exact) mass is 391 g/mol. The largest absolute Gasteiger partial charge is 0.334 e. The molecule has 0 unspecified atom stereocenters. The second-order valence-electron chi connectivity index (χ2n) is 6.97. The lowest BCUT2D eigenvalue weighted by Gasteiger charge is -2.21. The summed E-state index contributed by atoms with van der Waals surface area (Å²) in [6, 6.07) is 0. The summed E-state index contributed by atoms with van der Waals surface area (Å²) in [4.78, 5) is 25.8. The lowest BCUT2D eigenvalue weighted by atomic mass is 10.1. The normalized spacial score (nSPS) is 11.5. The van der Waals surface area contributed by atoms with Gasteiger partial charge in [0.25, 0.3) is 10.1 Å². The van der Waals surface area contributed by atoms with Gasteiger partial charge in [0.2, 0.25) is 5.91 Å². The standard InChI is InChI=1S/C19H37NO5S/c1-3-5-7-9-11-13-18(21)17-20(15-16-26(23,24)25)19(22)14-12-10-8-6-4-2/h3-17H2,1-2H3,(H,23,24,25). The van der Waals surface area contributed by atoms with Gasteiger partial charge in [-0.1, -0.05) is 65.2 Å². The van der Waals surface area contributed by atoms with E-state index in [9.17, 15) is 18.0 Å². The summed E-state index contributed by atoms with van der Waals surface area (Å²) in [5, 5.41) is 0. The Balaban J connectivity index is 4.39. The molecular formula is C19H37NO5S. The second-order valence-corrected chi connectivity index (χ2v) is 8.54. The molecule has 6 nitrogen and oxygen atoms in total. The first kappa shape index (κ1) is 25.1. The van der Waals surface area contributed by atoms with E-state index in [0.717, 1.165) is 64.2 Å². The first-order valence-corrected chi connectivity index (χ1v) is 11.7. The van der Waals surface area contributed by atoms with Gasteiger partial charge in [-0.2, -0.15) is 8.42 Å². The van der Waals surface area contributed by atoms with E-state index < -0.39 is 15.9 Å². The Bertz CT molecular complexity index is 490. The Morgan fingerprint density at radius 1 is 0.808 bits per heavy atom. The van der Waals surface area contributed by atoms with Gasteiger partial charge in [0.15, 0.2) is 5.78 Å². The number of nitrogens with zero attached hydrogens (tertiary/aromatic N) is 1. The molecule has 0 atom stereocenters. The number of hydrogen-bond donors (Lipinski definition) is 1. The Morgan fingerprint density at radius 3 is 1.81 bits per heavy atom. The van der Waals surface area contributed by atoms with Gasteiger partial charge in [0, 0.05) is 19.4 Å². The molecule has 0 aromatic carbocycles. The predicted molar refractivity (Wildman–Crippen MR) is 105 cm³/mol. The van der Waals surface area contributed by atoms with Crippen LogP contribution in [0.5, 0.6) is 0 Å². The fourth-order valence-electron chi connectivity index (χ4n) is 2.77. The lowest BCUT2D eigenvalue weighted by molar-refractivity contribution is -0.135. The maximum Gasteiger partial charge on any atom is 0.266 e. The average Bonchev–Trinajstić information content (AvgIpc) is 2.57. The maximum absolute atomic E-state index is 12.3. The van der Waals surface area contributed by atoms with Crippen molar-refractivity contribution < 1.29 is 22.6 Å². The fraction of sp³-hybridized carbons (Fsp3) is 0.895. The molecule has 0 saturated carbocycles. The molecule has 0 aliphatic carbocycles. The van der Waals surface area contributed by atoms with Gasteiger partial charge in [0.1, 0.15) is 0 Å². The minimum atomic E-state index is -4.15. The highest BCUT2D eigenvalue weighted by atomic mass is 32.2. The van der Waals surface area contributed by atoms with Gasteiger partial charge in [-0.15, -0.1) is 0 Å². The predicted octanol–water partition coefficient (Wildman–Crippen LogP) is 3.99. The summed E-state index contributed by atoms with van der Waals surface area (Å²) in [5.41, 5.74) is 0. The third-order valence-electron chi connectivity index (χ3n) is 4.39. The van der Waals surface area contributed by atoms with E-state index >= 15 is 0 Å². The van der Waals surface area contributed by atoms with Gasteiger partial charge in [0.05, 0.1) is 12.3 Å². The van der Waals surface area contributed by atoms with E-state index in [1.54, 1.807) is 0 Å². The number of carbonyl (C=O) groups is 2. The molecule has 7 heteroatoms. The van der Waals surface area contributed by atoms with Gasteiger partial charge in [-0.3, -0.25) is 14.1 Å². The van der Waals surface area contributed by atoms with Crippen molar-refractivity contribution in [1.82, 2.24) is 4.90 Å². The van der Waals surface area contributed by atoms with Gasteiger partial charge in [-0.25, -0.2) is 0 Å².